The van der Waals surface area contributed by atoms with Crippen molar-refractivity contribution in [2.45, 2.75) is 67.2 Å². The van der Waals surface area contributed by atoms with Crippen molar-refractivity contribution in [3.05, 3.63) is 128 Å². The van der Waals surface area contributed by atoms with Crippen LogP contribution in [0.1, 0.15) is 67.2 Å². The van der Waals surface area contributed by atoms with Crippen LogP contribution in [0.2, 0.25) is 0 Å². The lowest BCUT2D eigenvalue weighted by Gasteiger charge is -2.41. The zero-order valence-electron chi connectivity index (χ0n) is 34.4. The topological polar surface area (TPSA) is 69.7 Å². The van der Waals surface area contributed by atoms with Crippen molar-refractivity contribution in [3.8, 4) is 0 Å². The third kappa shape index (κ3) is 16.3. The van der Waals surface area contributed by atoms with Gasteiger partial charge in [-0.05, 0) is 119 Å². The maximum absolute atomic E-state index is 11.5. The van der Waals surface area contributed by atoms with E-state index < -0.39 is 12.7 Å². The Hall–Kier alpha value is -1.19. The molecule has 0 bridgehead atoms. The number of benzene rings is 3. The minimum atomic E-state index is -1.53. The summed E-state index contributed by atoms with van der Waals surface area (Å²) in [5.41, 5.74) is -0.441. The summed E-state index contributed by atoms with van der Waals surface area (Å²) >= 11 is 6.23. The molecule has 5 rings (SSSR count). The number of aldehydes is 1. The molecule has 0 aliphatic heterocycles. The van der Waals surface area contributed by atoms with Crippen LogP contribution in [0.4, 0.5) is 0 Å². The lowest BCUT2D eigenvalue weighted by atomic mass is 9.63. The SMILES string of the molecule is C=C[C@@]1(C)[C@H](C)CC=C[C@H]1CC(=O)OCC.CCOC(=O)C[C@@H]1C=CC[C@@H](C)[C@]1(C)C=O.C[P+](c1ccccc1)(c1ccccc1)c1ccccc1.ISI.SI. The normalized spacial score (nSPS) is 23.1. The van der Waals surface area contributed by atoms with Crippen LogP contribution < -0.4 is 15.9 Å². The molecule has 11 heteroatoms. The van der Waals surface area contributed by atoms with Crippen molar-refractivity contribution in [3.63, 3.8) is 0 Å². The van der Waals surface area contributed by atoms with E-state index in [0.717, 1.165) is 19.1 Å². The predicted octanol–water partition coefficient (Wildman–Crippen LogP) is 13.0. The second kappa shape index (κ2) is 29.1. The molecule has 312 valence electrons. The summed E-state index contributed by atoms with van der Waals surface area (Å²) in [6.45, 7) is 19.2. The number of halogens is 3. The van der Waals surface area contributed by atoms with Crippen molar-refractivity contribution in [2.75, 3.05) is 19.9 Å². The Balaban J connectivity index is 0.000000408. The van der Waals surface area contributed by atoms with Gasteiger partial charge in [-0.15, -0.1) is 16.4 Å². The van der Waals surface area contributed by atoms with Gasteiger partial charge in [0.15, 0.2) is 0 Å². The maximum atomic E-state index is 11.5. The van der Waals surface area contributed by atoms with Gasteiger partial charge in [0.1, 0.15) is 29.5 Å². The van der Waals surface area contributed by atoms with E-state index in [1.54, 1.807) is 13.0 Å². The largest absolute Gasteiger partial charge is 0.466 e. The highest BCUT2D eigenvalue weighted by Gasteiger charge is 2.41. The minimum absolute atomic E-state index is 0.00150. The number of ether oxygens (including phenoxy) is 2. The lowest BCUT2D eigenvalue weighted by molar-refractivity contribution is -0.146. The van der Waals surface area contributed by atoms with Crippen molar-refractivity contribution in [1.82, 2.24) is 0 Å². The first kappa shape index (κ1) is 53.8. The predicted molar refractivity (Wildman–Crippen MR) is 278 cm³/mol. The molecular formula is C46H61I3O5PS2+. The van der Waals surface area contributed by atoms with E-state index >= 15 is 0 Å². The van der Waals surface area contributed by atoms with Gasteiger partial charge >= 0.3 is 11.9 Å². The Morgan fingerprint density at radius 1 is 0.737 bits per heavy atom. The molecule has 0 radical (unpaired) electrons. The summed E-state index contributed by atoms with van der Waals surface area (Å²) in [5, 5.41) is 4.28. The van der Waals surface area contributed by atoms with E-state index in [-0.39, 0.29) is 35.1 Å². The molecule has 2 aliphatic rings. The first-order chi connectivity index (χ1) is 27.3. The molecule has 0 saturated heterocycles. The molecule has 0 unspecified atom stereocenters. The number of rotatable bonds is 11. The van der Waals surface area contributed by atoms with Gasteiger partial charge < -0.3 is 14.3 Å². The quantitative estimate of drug-likeness (QED) is 0.0515. The summed E-state index contributed by atoms with van der Waals surface area (Å²) in [7, 11) is 1.97. The number of hydrogen-bond acceptors (Lipinski definition) is 7. The molecule has 0 saturated carbocycles. The third-order valence-electron chi connectivity index (χ3n) is 11.3. The van der Waals surface area contributed by atoms with Gasteiger partial charge in [-0.25, -0.2) is 0 Å². The van der Waals surface area contributed by atoms with E-state index in [1.807, 2.05) is 47.2 Å². The number of thiol groups is 1. The smallest absolute Gasteiger partial charge is 0.306 e. The molecule has 6 atom stereocenters. The second-order valence-electron chi connectivity index (χ2n) is 14.5. The summed E-state index contributed by atoms with van der Waals surface area (Å²) in [5.74, 6) is 0.642. The zero-order valence-corrected chi connectivity index (χ0v) is 43.4. The molecule has 57 heavy (non-hydrogen) atoms. The Morgan fingerprint density at radius 3 is 1.35 bits per heavy atom. The van der Waals surface area contributed by atoms with Crippen molar-refractivity contribution >= 4 is 121 Å². The average molecular weight is 1170 g/mol. The highest BCUT2D eigenvalue weighted by Crippen LogP contribution is 2.51. The summed E-state index contributed by atoms with van der Waals surface area (Å²) in [4.78, 5) is 34.2. The fraction of sp³-hybridized carbons (Fsp3) is 0.413. The van der Waals surface area contributed by atoms with Crippen molar-refractivity contribution in [2.24, 2.45) is 34.5 Å². The number of esters is 2. The van der Waals surface area contributed by atoms with Crippen LogP contribution in [0.5, 0.6) is 0 Å². The Bertz CT molecular complexity index is 1510. The molecule has 5 nitrogen and oxygen atoms in total. The molecule has 0 aromatic heterocycles. The van der Waals surface area contributed by atoms with E-state index in [9.17, 15) is 14.4 Å². The van der Waals surface area contributed by atoms with Gasteiger partial charge in [0.25, 0.3) is 0 Å². The Kier molecular flexibility index (Phi) is 27.5. The van der Waals surface area contributed by atoms with Crippen molar-refractivity contribution < 1.29 is 23.9 Å². The highest BCUT2D eigenvalue weighted by molar-refractivity contribution is 14.3. The molecule has 0 spiro atoms. The summed E-state index contributed by atoms with van der Waals surface area (Å²) < 4.78 is 9.94. The first-order valence-electron chi connectivity index (χ1n) is 19.2. The number of hydrogen-bond donors (Lipinski definition) is 1. The number of carbonyl (C=O) groups excluding carboxylic acids is 3. The number of carbonyl (C=O) groups is 3. The van der Waals surface area contributed by atoms with Crippen LogP contribution in [-0.2, 0) is 23.9 Å². The van der Waals surface area contributed by atoms with Gasteiger partial charge in [-0.1, -0.05) is 113 Å². The first-order valence-corrected chi connectivity index (χ1v) is 30.5. The van der Waals surface area contributed by atoms with Gasteiger partial charge in [0.2, 0.25) is 0 Å². The summed E-state index contributed by atoms with van der Waals surface area (Å²) in [6.07, 6.45) is 15.7. The monoisotopic (exact) mass is 1170 g/mol. The highest BCUT2D eigenvalue weighted by atomic mass is 127. The van der Waals surface area contributed by atoms with E-state index in [0.29, 0.717) is 32.0 Å². The molecule has 3 aromatic carbocycles. The zero-order chi connectivity index (χ0) is 42.9. The second-order valence-corrected chi connectivity index (χ2v) is 25.9. The van der Waals surface area contributed by atoms with Crippen LogP contribution in [0.25, 0.3) is 0 Å². The van der Waals surface area contributed by atoms with Gasteiger partial charge in [-0.2, -0.15) is 0 Å². The van der Waals surface area contributed by atoms with E-state index in [2.05, 4.69) is 195 Å². The Labute approximate surface area is 390 Å². The fourth-order valence-corrected chi connectivity index (χ4v) is 10.3. The molecule has 3 aromatic rings. The summed E-state index contributed by atoms with van der Waals surface area (Å²) in [6, 6.07) is 32.6. The molecule has 0 fully saturated rings. The molecule has 2 aliphatic carbocycles. The minimum Gasteiger partial charge on any atom is -0.466 e. The number of allylic oxidation sites excluding steroid dienone is 5. The van der Waals surface area contributed by atoms with Crippen LogP contribution in [0, 0.1) is 34.5 Å². The van der Waals surface area contributed by atoms with Crippen molar-refractivity contribution in [1.29, 1.82) is 0 Å². The molecule has 0 heterocycles. The lowest BCUT2D eigenvalue weighted by Crippen LogP contribution is -2.38. The van der Waals surface area contributed by atoms with E-state index in [1.165, 1.54) is 15.9 Å². The van der Waals surface area contributed by atoms with Crippen LogP contribution in [0.3, 0.4) is 0 Å². The van der Waals surface area contributed by atoms with Crippen LogP contribution in [0.15, 0.2) is 128 Å². The molecule has 0 N–H and O–H groups in total. The fourth-order valence-electron chi connectivity index (χ4n) is 7.10. The maximum Gasteiger partial charge on any atom is 0.306 e. The third-order valence-corrected chi connectivity index (χ3v) is 15.3. The van der Waals surface area contributed by atoms with Crippen LogP contribution >= 0.6 is 86.8 Å². The Morgan fingerprint density at radius 2 is 1.05 bits per heavy atom. The van der Waals surface area contributed by atoms with Gasteiger partial charge in [-0.3, -0.25) is 9.59 Å². The van der Waals surface area contributed by atoms with Crippen LogP contribution in [-0.4, -0.2) is 38.1 Å². The van der Waals surface area contributed by atoms with Gasteiger partial charge in [0.05, 0.1) is 32.7 Å². The molecular weight excluding hydrogens is 1110 g/mol. The van der Waals surface area contributed by atoms with Gasteiger partial charge in [0, 0.05) is 47.8 Å². The van der Waals surface area contributed by atoms with E-state index in [4.69, 9.17) is 9.47 Å². The standard InChI is InChI=1S/C19H18P.C14H22O2.C13H20O3.I2S.HIS/c1-20(17-11-5-2-6-12-17,18-13-7-3-8-14-18)19-15-9-4-10-16-19;1-5-14(4)11(3)8-7-9-12(14)10-13(15)16-6-2;1-4-16-12(15)8-11-7-5-6-10(2)13(11,3)9-14;1-3-2;1-2/h2-16H,1H3;5,7,9,11-12H,1,6,8,10H2,2-4H3;5,7,9-11H,4,6,8H2,1-3H3;;2H/q+1;;;;/t;11-,12+,14+;10-,11+,13+;;/m.11../s1. The molecule has 0 amide bonds. The average Bonchev–Trinajstić information content (AvgIpc) is 3.24.